The second-order valence-corrected chi connectivity index (χ2v) is 8.94. The van der Waals surface area contributed by atoms with Crippen molar-refractivity contribution < 1.29 is 9.59 Å². The number of aromatic nitrogens is 1. The summed E-state index contributed by atoms with van der Waals surface area (Å²) in [6.45, 7) is 12.1. The Hall–Kier alpha value is -3.51. The van der Waals surface area contributed by atoms with Crippen LogP contribution in [0.1, 0.15) is 39.2 Å². The van der Waals surface area contributed by atoms with Gasteiger partial charge in [0.2, 0.25) is 0 Å². The summed E-state index contributed by atoms with van der Waals surface area (Å²) in [6.07, 6.45) is 1.67. The molecule has 0 aliphatic carbocycles. The molecule has 0 spiro atoms. The maximum atomic E-state index is 13.5. The van der Waals surface area contributed by atoms with Crippen LogP contribution < -0.4 is 10.2 Å². The number of nitrogens with one attached hydrogen (secondary N) is 1. The van der Waals surface area contributed by atoms with E-state index in [0.717, 1.165) is 33.8 Å². The number of aryl methyl sites for hydroxylation is 3. The average molecular weight is 458 g/mol. The highest BCUT2D eigenvalue weighted by Crippen LogP contribution is 2.29. The molecule has 5 nitrogen and oxygen atoms in total. The lowest BCUT2D eigenvalue weighted by molar-refractivity contribution is -0.122. The van der Waals surface area contributed by atoms with Gasteiger partial charge in [0.05, 0.1) is 5.69 Å². The lowest BCUT2D eigenvalue weighted by Crippen LogP contribution is -2.54. The van der Waals surface area contributed by atoms with Crippen molar-refractivity contribution in [2.45, 2.75) is 41.5 Å². The highest BCUT2D eigenvalue weighted by atomic mass is 32.1. The molecule has 1 aliphatic rings. The molecule has 0 unspecified atom stereocenters. The molecule has 2 heterocycles. The highest BCUT2D eigenvalue weighted by molar-refractivity contribution is 7.80. The van der Waals surface area contributed by atoms with Gasteiger partial charge in [-0.05, 0) is 106 Å². The van der Waals surface area contributed by atoms with Gasteiger partial charge in [-0.2, -0.15) is 0 Å². The van der Waals surface area contributed by atoms with Crippen molar-refractivity contribution in [2.75, 3.05) is 4.90 Å². The van der Waals surface area contributed by atoms with Gasteiger partial charge in [-0.15, -0.1) is 0 Å². The van der Waals surface area contributed by atoms with Crippen LogP contribution in [-0.2, 0) is 9.59 Å². The van der Waals surface area contributed by atoms with Crippen LogP contribution in [0.4, 0.5) is 5.69 Å². The number of carbonyl (C=O) groups is 2. The molecule has 1 fully saturated rings. The van der Waals surface area contributed by atoms with Crippen LogP contribution in [0.15, 0.2) is 48.0 Å². The predicted molar refractivity (Wildman–Crippen MR) is 137 cm³/mol. The van der Waals surface area contributed by atoms with Gasteiger partial charge in [0.1, 0.15) is 5.57 Å². The van der Waals surface area contributed by atoms with Crippen LogP contribution in [0, 0.1) is 41.5 Å². The normalized spacial score (nSPS) is 15.4. The third-order valence-corrected chi connectivity index (χ3v) is 6.79. The van der Waals surface area contributed by atoms with Gasteiger partial charge in [-0.25, -0.2) is 0 Å². The van der Waals surface area contributed by atoms with E-state index in [9.17, 15) is 9.59 Å². The number of carbonyl (C=O) groups excluding carboxylic acids is 2. The lowest BCUT2D eigenvalue weighted by Gasteiger charge is -2.30. The van der Waals surface area contributed by atoms with Crippen molar-refractivity contribution in [3.63, 3.8) is 0 Å². The molecule has 0 atom stereocenters. The van der Waals surface area contributed by atoms with Gasteiger partial charge >= 0.3 is 0 Å². The van der Waals surface area contributed by atoms with E-state index in [-0.39, 0.29) is 10.7 Å². The van der Waals surface area contributed by atoms with Crippen molar-refractivity contribution >= 4 is 40.9 Å². The molecule has 0 bridgehead atoms. The number of benzene rings is 2. The van der Waals surface area contributed by atoms with E-state index in [1.165, 1.54) is 16.0 Å². The summed E-state index contributed by atoms with van der Waals surface area (Å²) >= 11 is 5.37. The summed E-state index contributed by atoms with van der Waals surface area (Å²) in [5.74, 6) is -0.905. The summed E-state index contributed by atoms with van der Waals surface area (Å²) in [5.41, 5.74) is 9.02. The molecule has 1 aromatic heterocycles. The maximum Gasteiger partial charge on any atom is 0.270 e. The number of hydrogen-bond donors (Lipinski definition) is 1. The Balaban J connectivity index is 1.81. The van der Waals surface area contributed by atoms with E-state index in [1.54, 1.807) is 6.08 Å². The SMILES string of the molecule is Cc1cccc(N2C(=O)/C(=C/c3cc(C)n(-c4cccc(C)c4C)c3C)C(=O)NC2=S)c1C. The molecule has 2 aromatic carbocycles. The van der Waals surface area contributed by atoms with E-state index in [2.05, 4.69) is 35.9 Å². The standard InChI is InChI=1S/C27H27N3O2S/c1-15-9-7-11-23(18(15)4)29-17(3)13-21(20(29)6)14-22-25(31)28-27(33)30(26(22)32)24-12-8-10-16(2)19(24)5/h7-14H,1-6H3,(H,28,31,33)/b22-14+. The van der Waals surface area contributed by atoms with E-state index >= 15 is 0 Å². The quantitative estimate of drug-likeness (QED) is 0.336. The fourth-order valence-electron chi connectivity index (χ4n) is 4.29. The summed E-state index contributed by atoms with van der Waals surface area (Å²) in [4.78, 5) is 27.7. The Labute approximate surface area is 199 Å². The minimum Gasteiger partial charge on any atom is -0.318 e. The molecule has 1 N–H and O–H groups in total. The second kappa shape index (κ2) is 8.45. The molecule has 6 heteroatoms. The van der Waals surface area contributed by atoms with Gasteiger partial charge < -0.3 is 4.57 Å². The zero-order chi connectivity index (χ0) is 24.0. The Morgan fingerprint density at radius 2 is 1.42 bits per heavy atom. The molecule has 0 radical (unpaired) electrons. The van der Waals surface area contributed by atoms with Crippen molar-refractivity contribution in [3.8, 4) is 5.69 Å². The molecular weight excluding hydrogens is 430 g/mol. The Kier molecular flexibility index (Phi) is 5.80. The first kappa shape index (κ1) is 22.7. The third kappa shape index (κ3) is 3.80. The van der Waals surface area contributed by atoms with Crippen molar-refractivity contribution in [3.05, 3.63) is 87.2 Å². The topological polar surface area (TPSA) is 54.3 Å². The number of nitrogens with zero attached hydrogens (tertiary/aromatic N) is 2. The van der Waals surface area contributed by atoms with Crippen LogP contribution >= 0.6 is 12.2 Å². The summed E-state index contributed by atoms with van der Waals surface area (Å²) in [6, 6.07) is 13.9. The molecule has 33 heavy (non-hydrogen) atoms. The summed E-state index contributed by atoms with van der Waals surface area (Å²) in [7, 11) is 0. The first-order chi connectivity index (χ1) is 15.6. The number of anilines is 1. The average Bonchev–Trinajstić information content (AvgIpc) is 3.03. The van der Waals surface area contributed by atoms with Crippen LogP contribution in [0.5, 0.6) is 0 Å². The van der Waals surface area contributed by atoms with Crippen molar-refractivity contribution in [2.24, 2.45) is 0 Å². The molecule has 1 saturated heterocycles. The van der Waals surface area contributed by atoms with Crippen LogP contribution in [0.2, 0.25) is 0 Å². The largest absolute Gasteiger partial charge is 0.318 e. The molecule has 168 valence electrons. The monoisotopic (exact) mass is 457 g/mol. The van der Waals surface area contributed by atoms with Gasteiger partial charge in [0, 0.05) is 17.1 Å². The number of amides is 2. The fourth-order valence-corrected chi connectivity index (χ4v) is 4.57. The molecule has 4 rings (SSSR count). The Bertz CT molecular complexity index is 1360. The Morgan fingerprint density at radius 1 is 0.848 bits per heavy atom. The number of rotatable bonds is 3. The minimum absolute atomic E-state index is 0.0609. The molecule has 3 aromatic rings. The van der Waals surface area contributed by atoms with Crippen molar-refractivity contribution in [1.29, 1.82) is 0 Å². The van der Waals surface area contributed by atoms with Gasteiger partial charge in [-0.1, -0.05) is 24.3 Å². The zero-order valence-electron chi connectivity index (χ0n) is 19.7. The smallest absolute Gasteiger partial charge is 0.270 e. The summed E-state index contributed by atoms with van der Waals surface area (Å²) in [5, 5.41) is 2.78. The zero-order valence-corrected chi connectivity index (χ0v) is 20.6. The molecule has 2 amide bonds. The maximum absolute atomic E-state index is 13.5. The fraction of sp³-hybridized carbons (Fsp3) is 0.222. The lowest BCUT2D eigenvalue weighted by atomic mass is 10.0. The van der Waals surface area contributed by atoms with Gasteiger partial charge in [0.25, 0.3) is 11.8 Å². The minimum atomic E-state index is -0.483. The van der Waals surface area contributed by atoms with E-state index < -0.39 is 11.8 Å². The van der Waals surface area contributed by atoms with Crippen LogP contribution in [0.3, 0.4) is 0 Å². The van der Waals surface area contributed by atoms with E-state index in [4.69, 9.17) is 12.2 Å². The van der Waals surface area contributed by atoms with Crippen molar-refractivity contribution in [1.82, 2.24) is 9.88 Å². The van der Waals surface area contributed by atoms with Crippen LogP contribution in [0.25, 0.3) is 11.8 Å². The highest BCUT2D eigenvalue weighted by Gasteiger charge is 2.35. The first-order valence-electron chi connectivity index (χ1n) is 10.8. The predicted octanol–water partition coefficient (Wildman–Crippen LogP) is 5.16. The third-order valence-electron chi connectivity index (χ3n) is 6.51. The number of hydrogen-bond acceptors (Lipinski definition) is 3. The van der Waals surface area contributed by atoms with Gasteiger partial charge in [0.15, 0.2) is 5.11 Å². The molecule has 0 saturated carbocycles. The Morgan fingerprint density at radius 3 is 2.06 bits per heavy atom. The van der Waals surface area contributed by atoms with Gasteiger partial charge in [-0.3, -0.25) is 19.8 Å². The first-order valence-corrected chi connectivity index (χ1v) is 11.3. The summed E-state index contributed by atoms with van der Waals surface area (Å²) < 4.78 is 2.16. The van der Waals surface area contributed by atoms with E-state index in [0.29, 0.717) is 5.69 Å². The second-order valence-electron chi connectivity index (χ2n) is 8.56. The number of thiocarbonyl (C=S) groups is 1. The van der Waals surface area contributed by atoms with Crippen LogP contribution in [-0.4, -0.2) is 21.5 Å². The molecule has 1 aliphatic heterocycles. The van der Waals surface area contributed by atoms with E-state index in [1.807, 2.05) is 58.0 Å². The molecular formula is C27H27N3O2S.